The first-order chi connectivity index (χ1) is 10.3. The minimum absolute atomic E-state index is 0.163. The molecule has 1 amide bonds. The van der Waals surface area contributed by atoms with Gasteiger partial charge >= 0.3 is 0 Å². The SMILES string of the molecule is C#CCNC(=O)c1ccc(N2CCC3CCCCC32)nc1. The third-order valence-corrected chi connectivity index (χ3v) is 4.67. The molecule has 110 valence electrons. The van der Waals surface area contributed by atoms with Crippen LogP contribution in [0.15, 0.2) is 18.3 Å². The fourth-order valence-electron chi connectivity index (χ4n) is 3.61. The van der Waals surface area contributed by atoms with Gasteiger partial charge in [0.05, 0.1) is 12.1 Å². The first-order valence-electron chi connectivity index (χ1n) is 7.74. The zero-order valence-electron chi connectivity index (χ0n) is 12.2. The third kappa shape index (κ3) is 2.87. The molecule has 1 aromatic heterocycles. The molecule has 3 rings (SSSR count). The molecule has 2 heterocycles. The summed E-state index contributed by atoms with van der Waals surface area (Å²) in [6.07, 6.45) is 13.4. The number of fused-ring (bicyclic) bond motifs is 1. The van der Waals surface area contributed by atoms with E-state index in [0.29, 0.717) is 11.6 Å². The van der Waals surface area contributed by atoms with Crippen LogP contribution in [0.4, 0.5) is 5.82 Å². The van der Waals surface area contributed by atoms with Gasteiger partial charge in [0.25, 0.3) is 5.91 Å². The molecule has 2 fully saturated rings. The number of amides is 1. The quantitative estimate of drug-likeness (QED) is 0.865. The molecule has 0 spiro atoms. The van der Waals surface area contributed by atoms with Crippen LogP contribution in [-0.2, 0) is 0 Å². The van der Waals surface area contributed by atoms with E-state index in [4.69, 9.17) is 6.42 Å². The van der Waals surface area contributed by atoms with Crippen molar-refractivity contribution in [3.63, 3.8) is 0 Å². The molecule has 1 aliphatic heterocycles. The standard InChI is InChI=1S/C17H21N3O/c1-2-10-18-17(21)14-7-8-16(19-12-14)20-11-9-13-5-3-4-6-15(13)20/h1,7-8,12-13,15H,3-6,9-11H2,(H,18,21). The molecule has 0 bridgehead atoms. The van der Waals surface area contributed by atoms with Crippen molar-refractivity contribution in [1.82, 2.24) is 10.3 Å². The first-order valence-corrected chi connectivity index (χ1v) is 7.74. The summed E-state index contributed by atoms with van der Waals surface area (Å²) in [6, 6.07) is 4.44. The summed E-state index contributed by atoms with van der Waals surface area (Å²) in [5.41, 5.74) is 0.563. The van der Waals surface area contributed by atoms with Crippen molar-refractivity contribution in [2.45, 2.75) is 38.1 Å². The van der Waals surface area contributed by atoms with Crippen LogP contribution in [0.2, 0.25) is 0 Å². The van der Waals surface area contributed by atoms with E-state index in [9.17, 15) is 4.79 Å². The smallest absolute Gasteiger partial charge is 0.253 e. The van der Waals surface area contributed by atoms with Gasteiger partial charge in [-0.05, 0) is 37.3 Å². The monoisotopic (exact) mass is 283 g/mol. The molecule has 2 aliphatic rings. The van der Waals surface area contributed by atoms with E-state index in [1.54, 1.807) is 6.20 Å². The Balaban J connectivity index is 1.69. The molecule has 1 aliphatic carbocycles. The number of nitrogens with one attached hydrogen (secondary N) is 1. The van der Waals surface area contributed by atoms with Gasteiger partial charge in [0.2, 0.25) is 0 Å². The Morgan fingerprint density at radius 3 is 3.00 bits per heavy atom. The largest absolute Gasteiger partial charge is 0.353 e. The molecule has 0 radical (unpaired) electrons. The molecule has 4 heteroatoms. The van der Waals surface area contributed by atoms with Gasteiger partial charge in [-0.25, -0.2) is 4.98 Å². The average molecular weight is 283 g/mol. The molecule has 1 saturated carbocycles. The Labute approximate surface area is 125 Å². The average Bonchev–Trinajstić information content (AvgIpc) is 2.97. The van der Waals surface area contributed by atoms with E-state index in [1.165, 1.54) is 32.1 Å². The lowest BCUT2D eigenvalue weighted by Crippen LogP contribution is -2.35. The van der Waals surface area contributed by atoms with Crippen LogP contribution in [-0.4, -0.2) is 30.0 Å². The number of pyridine rings is 1. The molecule has 2 atom stereocenters. The van der Waals surface area contributed by atoms with Gasteiger partial charge in [-0.15, -0.1) is 6.42 Å². The summed E-state index contributed by atoms with van der Waals surface area (Å²) in [5.74, 6) is 4.06. The van der Waals surface area contributed by atoms with Crippen LogP contribution in [0.25, 0.3) is 0 Å². The number of hydrogen-bond acceptors (Lipinski definition) is 3. The lowest BCUT2D eigenvalue weighted by Gasteiger charge is -2.32. The van der Waals surface area contributed by atoms with Crippen LogP contribution < -0.4 is 10.2 Å². The summed E-state index contributed by atoms with van der Waals surface area (Å²) in [7, 11) is 0. The van der Waals surface area contributed by atoms with Crippen molar-refractivity contribution < 1.29 is 4.79 Å². The normalized spacial score (nSPS) is 24.2. The maximum absolute atomic E-state index is 11.8. The van der Waals surface area contributed by atoms with Gasteiger partial charge in [-0.2, -0.15) is 0 Å². The minimum atomic E-state index is -0.163. The number of terminal acetylenes is 1. The highest BCUT2D eigenvalue weighted by Crippen LogP contribution is 2.38. The van der Waals surface area contributed by atoms with Crippen molar-refractivity contribution >= 4 is 11.7 Å². The highest BCUT2D eigenvalue weighted by atomic mass is 16.1. The van der Waals surface area contributed by atoms with Gasteiger partial charge < -0.3 is 10.2 Å². The Hall–Kier alpha value is -2.02. The Bertz CT molecular complexity index is 546. The number of nitrogens with zero attached hydrogens (tertiary/aromatic N) is 2. The van der Waals surface area contributed by atoms with Gasteiger partial charge in [0.1, 0.15) is 5.82 Å². The van der Waals surface area contributed by atoms with Crippen LogP contribution in [0.5, 0.6) is 0 Å². The van der Waals surface area contributed by atoms with E-state index in [-0.39, 0.29) is 12.5 Å². The highest BCUT2D eigenvalue weighted by Gasteiger charge is 2.36. The topological polar surface area (TPSA) is 45.2 Å². The molecular weight excluding hydrogens is 262 g/mol. The number of rotatable bonds is 3. The molecule has 1 saturated heterocycles. The summed E-state index contributed by atoms with van der Waals surface area (Å²) in [4.78, 5) is 18.7. The second kappa shape index (κ2) is 6.17. The van der Waals surface area contributed by atoms with Gasteiger partial charge in [-0.1, -0.05) is 18.8 Å². The van der Waals surface area contributed by atoms with Gasteiger partial charge in [0.15, 0.2) is 0 Å². The minimum Gasteiger partial charge on any atom is -0.353 e. The summed E-state index contributed by atoms with van der Waals surface area (Å²) in [6.45, 7) is 1.33. The molecular formula is C17H21N3O. The summed E-state index contributed by atoms with van der Waals surface area (Å²) < 4.78 is 0. The van der Waals surface area contributed by atoms with Crippen molar-refractivity contribution in [2.24, 2.45) is 5.92 Å². The maximum Gasteiger partial charge on any atom is 0.253 e. The lowest BCUT2D eigenvalue weighted by molar-refractivity contribution is 0.0958. The zero-order valence-corrected chi connectivity index (χ0v) is 12.2. The summed E-state index contributed by atoms with van der Waals surface area (Å²) in [5, 5.41) is 2.65. The predicted molar refractivity (Wildman–Crippen MR) is 83.1 cm³/mol. The Morgan fingerprint density at radius 2 is 2.24 bits per heavy atom. The zero-order chi connectivity index (χ0) is 14.7. The van der Waals surface area contributed by atoms with Crippen LogP contribution in [0.1, 0.15) is 42.5 Å². The Kier molecular flexibility index (Phi) is 4.10. The van der Waals surface area contributed by atoms with E-state index in [1.807, 2.05) is 12.1 Å². The van der Waals surface area contributed by atoms with Crippen LogP contribution in [0.3, 0.4) is 0 Å². The molecule has 4 nitrogen and oxygen atoms in total. The number of aromatic nitrogens is 1. The molecule has 21 heavy (non-hydrogen) atoms. The number of anilines is 1. The van der Waals surface area contributed by atoms with Crippen LogP contribution in [0, 0.1) is 18.3 Å². The fourth-order valence-corrected chi connectivity index (χ4v) is 3.61. The van der Waals surface area contributed by atoms with Crippen molar-refractivity contribution in [3.8, 4) is 12.3 Å². The van der Waals surface area contributed by atoms with Crippen molar-refractivity contribution in [1.29, 1.82) is 0 Å². The first kappa shape index (κ1) is 13.9. The van der Waals surface area contributed by atoms with Crippen LogP contribution >= 0.6 is 0 Å². The fraction of sp³-hybridized carbons (Fsp3) is 0.529. The van der Waals surface area contributed by atoms with Gasteiger partial charge in [0, 0.05) is 18.8 Å². The Morgan fingerprint density at radius 1 is 1.38 bits per heavy atom. The molecule has 2 unspecified atom stereocenters. The summed E-state index contributed by atoms with van der Waals surface area (Å²) >= 11 is 0. The van der Waals surface area contributed by atoms with Gasteiger partial charge in [-0.3, -0.25) is 4.79 Å². The predicted octanol–water partition coefficient (Wildman–Crippen LogP) is 2.21. The molecule has 1 aromatic rings. The number of carbonyl (C=O) groups is 1. The maximum atomic E-state index is 11.8. The molecule has 0 aromatic carbocycles. The van der Waals surface area contributed by atoms with E-state index >= 15 is 0 Å². The molecule has 1 N–H and O–H groups in total. The van der Waals surface area contributed by atoms with E-state index in [2.05, 4.69) is 21.1 Å². The van der Waals surface area contributed by atoms with Crippen molar-refractivity contribution in [3.05, 3.63) is 23.9 Å². The lowest BCUT2D eigenvalue weighted by atomic mass is 9.85. The van der Waals surface area contributed by atoms with E-state index in [0.717, 1.165) is 18.3 Å². The second-order valence-electron chi connectivity index (χ2n) is 5.89. The van der Waals surface area contributed by atoms with E-state index < -0.39 is 0 Å². The van der Waals surface area contributed by atoms with Crippen molar-refractivity contribution in [2.75, 3.05) is 18.0 Å². The highest BCUT2D eigenvalue weighted by molar-refractivity contribution is 5.94. The third-order valence-electron chi connectivity index (χ3n) is 4.67. The second-order valence-corrected chi connectivity index (χ2v) is 5.89. The number of hydrogen-bond donors (Lipinski definition) is 1. The number of carbonyl (C=O) groups excluding carboxylic acids is 1.